The van der Waals surface area contributed by atoms with E-state index in [0.717, 1.165) is 51.8 Å². The molecule has 0 aliphatic carbocycles. The normalized spacial score (nSPS) is 16.8. The number of nitrogens with one attached hydrogen (secondary N) is 3. The summed E-state index contributed by atoms with van der Waals surface area (Å²) in [6, 6.07) is 3.99. The third-order valence-corrected chi connectivity index (χ3v) is 5.87. The number of pyridine rings is 2. The number of aromatic amines is 1. The van der Waals surface area contributed by atoms with Gasteiger partial charge in [-0.2, -0.15) is 0 Å². The van der Waals surface area contributed by atoms with Crippen molar-refractivity contribution in [2.75, 3.05) is 23.3 Å². The lowest BCUT2D eigenvalue weighted by molar-refractivity contribution is 0.0500. The maximum absolute atomic E-state index is 12.3. The first kappa shape index (κ1) is 22.4. The number of carbonyl (C=O) groups excluding carboxylic acids is 1. The van der Waals surface area contributed by atoms with Crippen LogP contribution in [0.4, 0.5) is 16.2 Å². The Hall–Kier alpha value is -2.81. The molecule has 0 radical (unpaired) electrons. The van der Waals surface area contributed by atoms with Gasteiger partial charge in [0.1, 0.15) is 11.2 Å². The highest BCUT2D eigenvalue weighted by molar-refractivity contribution is 9.10. The highest BCUT2D eigenvalue weighted by Gasteiger charge is 2.27. The van der Waals surface area contributed by atoms with Crippen molar-refractivity contribution < 1.29 is 9.53 Å². The first-order chi connectivity index (χ1) is 15.3. The van der Waals surface area contributed by atoms with Crippen LogP contribution in [-0.2, 0) is 11.3 Å². The molecule has 0 unspecified atom stereocenters. The highest BCUT2D eigenvalue weighted by atomic mass is 79.9. The van der Waals surface area contributed by atoms with E-state index in [1.54, 1.807) is 6.20 Å². The van der Waals surface area contributed by atoms with E-state index in [1.807, 2.05) is 51.5 Å². The Morgan fingerprint density at radius 2 is 2.22 bits per heavy atom. The van der Waals surface area contributed by atoms with Gasteiger partial charge in [-0.05, 0) is 61.2 Å². The lowest BCUT2D eigenvalue weighted by atomic mass is 10.0. The van der Waals surface area contributed by atoms with Gasteiger partial charge in [0.05, 0.1) is 21.2 Å². The van der Waals surface area contributed by atoms with Gasteiger partial charge in [0.25, 0.3) is 0 Å². The topological polar surface area (TPSA) is 95.2 Å². The van der Waals surface area contributed by atoms with Crippen molar-refractivity contribution in [2.24, 2.45) is 0 Å². The zero-order valence-electron chi connectivity index (χ0n) is 18.6. The number of hydrogen-bond acceptors (Lipinski definition) is 6. The second-order valence-corrected chi connectivity index (χ2v) is 9.88. The predicted molar refractivity (Wildman–Crippen MR) is 130 cm³/mol. The second-order valence-electron chi connectivity index (χ2n) is 9.03. The van der Waals surface area contributed by atoms with E-state index in [4.69, 9.17) is 4.74 Å². The number of anilines is 2. The molecule has 3 aromatic heterocycles. The average Bonchev–Trinajstić information content (AvgIpc) is 3.14. The molecule has 4 heterocycles. The number of halogens is 1. The van der Waals surface area contributed by atoms with Crippen LogP contribution < -0.4 is 15.5 Å². The Kier molecular flexibility index (Phi) is 6.55. The van der Waals surface area contributed by atoms with Gasteiger partial charge in [-0.25, -0.2) is 9.78 Å². The molecule has 0 bridgehead atoms. The van der Waals surface area contributed by atoms with Gasteiger partial charge in [0.2, 0.25) is 0 Å². The minimum absolute atomic E-state index is 0.0134. The monoisotopic (exact) mass is 500 g/mol. The molecule has 0 spiro atoms. The number of hydrogen-bond donors (Lipinski definition) is 3. The molecular weight excluding hydrogens is 472 g/mol. The van der Waals surface area contributed by atoms with Crippen LogP contribution in [0.5, 0.6) is 0 Å². The number of ether oxygens (including phenoxy) is 1. The maximum atomic E-state index is 12.3. The molecule has 3 aromatic rings. The Morgan fingerprint density at radius 1 is 1.38 bits per heavy atom. The summed E-state index contributed by atoms with van der Waals surface area (Å²) in [4.78, 5) is 26.6. The van der Waals surface area contributed by atoms with E-state index in [2.05, 4.69) is 46.4 Å². The smallest absolute Gasteiger partial charge is 0.407 e. The Morgan fingerprint density at radius 3 is 2.97 bits per heavy atom. The largest absolute Gasteiger partial charge is 0.444 e. The molecule has 1 amide bonds. The lowest BCUT2D eigenvalue weighted by Crippen LogP contribution is -2.49. The fraction of sp³-hybridized carbons (Fsp3) is 0.435. The minimum atomic E-state index is -0.515. The molecule has 1 aliphatic heterocycles. The van der Waals surface area contributed by atoms with Crippen LogP contribution in [0.15, 0.2) is 41.4 Å². The molecule has 170 valence electrons. The summed E-state index contributed by atoms with van der Waals surface area (Å²) in [5.41, 5.74) is 3.46. The van der Waals surface area contributed by atoms with Crippen LogP contribution in [0, 0.1) is 0 Å². The summed E-state index contributed by atoms with van der Waals surface area (Å²) in [5.74, 6) is 0. The summed E-state index contributed by atoms with van der Waals surface area (Å²) < 4.78 is 6.37. The van der Waals surface area contributed by atoms with E-state index in [9.17, 15) is 4.79 Å². The number of nitrogens with zero attached hydrogens (tertiary/aromatic N) is 3. The number of aromatic nitrogens is 3. The average molecular weight is 501 g/mol. The molecule has 1 aliphatic rings. The zero-order valence-corrected chi connectivity index (χ0v) is 20.2. The van der Waals surface area contributed by atoms with Crippen LogP contribution in [0.3, 0.4) is 0 Å². The number of carbonyl (C=O) groups is 1. The van der Waals surface area contributed by atoms with Gasteiger partial charge in [0.15, 0.2) is 0 Å². The number of fused-ring (bicyclic) bond motifs is 1. The molecule has 32 heavy (non-hydrogen) atoms. The van der Waals surface area contributed by atoms with Gasteiger partial charge >= 0.3 is 6.09 Å². The fourth-order valence-corrected chi connectivity index (χ4v) is 4.53. The van der Waals surface area contributed by atoms with Crippen molar-refractivity contribution in [3.05, 3.63) is 47.0 Å². The molecule has 1 atom stereocenters. The van der Waals surface area contributed by atoms with Crippen LogP contribution in [0.2, 0.25) is 0 Å². The predicted octanol–water partition coefficient (Wildman–Crippen LogP) is 4.83. The molecule has 1 fully saturated rings. The van der Waals surface area contributed by atoms with E-state index in [0.29, 0.717) is 13.1 Å². The van der Waals surface area contributed by atoms with Crippen molar-refractivity contribution >= 4 is 44.4 Å². The third kappa shape index (κ3) is 5.32. The highest BCUT2D eigenvalue weighted by Crippen LogP contribution is 2.39. The molecule has 9 heteroatoms. The summed E-state index contributed by atoms with van der Waals surface area (Å²) in [5, 5.41) is 7.57. The second kappa shape index (κ2) is 9.36. The summed E-state index contributed by atoms with van der Waals surface area (Å²) in [7, 11) is 0. The van der Waals surface area contributed by atoms with Crippen molar-refractivity contribution in [2.45, 2.75) is 51.8 Å². The SMILES string of the molecule is CC(C)(C)OC(=O)N[C@@H]1CCCN(c2c(Br)cnc3[nH]cc(NCc4cccnc4)c23)C1. The molecule has 4 rings (SSSR count). The van der Waals surface area contributed by atoms with Gasteiger partial charge in [-0.1, -0.05) is 6.07 Å². The van der Waals surface area contributed by atoms with Crippen molar-refractivity contribution in [1.82, 2.24) is 20.3 Å². The standard InChI is InChI=1S/C23H29BrN6O2/c1-23(2,3)32-22(31)29-16-7-5-9-30(14-16)20-17(24)12-27-21-19(20)18(13-28-21)26-11-15-6-4-8-25-10-15/h4,6,8,10,12-13,16,26H,5,7,9,11,14H2,1-3H3,(H,27,28)(H,29,31)/t16-/m1/s1. The van der Waals surface area contributed by atoms with Gasteiger partial charge in [0, 0.05) is 50.5 Å². The van der Waals surface area contributed by atoms with Crippen LogP contribution >= 0.6 is 15.9 Å². The zero-order chi connectivity index (χ0) is 22.7. The molecular formula is C23H29BrN6O2. The van der Waals surface area contributed by atoms with E-state index in [-0.39, 0.29) is 12.1 Å². The van der Waals surface area contributed by atoms with E-state index in [1.165, 1.54) is 0 Å². The molecule has 0 saturated carbocycles. The summed E-state index contributed by atoms with van der Waals surface area (Å²) in [6.45, 7) is 7.88. The Balaban J connectivity index is 1.55. The molecule has 3 N–H and O–H groups in total. The number of amides is 1. The van der Waals surface area contributed by atoms with Gasteiger partial charge in [-0.3, -0.25) is 4.98 Å². The van der Waals surface area contributed by atoms with Crippen LogP contribution in [-0.4, -0.2) is 45.8 Å². The first-order valence-corrected chi connectivity index (χ1v) is 11.6. The van der Waals surface area contributed by atoms with Crippen molar-refractivity contribution in [3.63, 3.8) is 0 Å². The van der Waals surface area contributed by atoms with Crippen molar-refractivity contribution in [3.8, 4) is 0 Å². The first-order valence-electron chi connectivity index (χ1n) is 10.8. The minimum Gasteiger partial charge on any atom is -0.444 e. The number of alkyl carbamates (subject to hydrolysis) is 1. The molecule has 1 saturated heterocycles. The molecule has 0 aromatic carbocycles. The third-order valence-electron chi connectivity index (χ3n) is 5.29. The van der Waals surface area contributed by atoms with Crippen LogP contribution in [0.1, 0.15) is 39.2 Å². The van der Waals surface area contributed by atoms with Crippen LogP contribution in [0.25, 0.3) is 11.0 Å². The van der Waals surface area contributed by atoms with Gasteiger partial charge < -0.3 is 25.3 Å². The Bertz CT molecular complexity index is 1080. The summed E-state index contributed by atoms with van der Waals surface area (Å²) in [6.07, 6.45) is 8.92. The number of H-pyrrole nitrogens is 1. The van der Waals surface area contributed by atoms with Gasteiger partial charge in [-0.15, -0.1) is 0 Å². The quantitative estimate of drug-likeness (QED) is 0.464. The lowest BCUT2D eigenvalue weighted by Gasteiger charge is -2.36. The van der Waals surface area contributed by atoms with Crippen molar-refractivity contribution in [1.29, 1.82) is 0 Å². The number of piperidine rings is 1. The van der Waals surface area contributed by atoms with E-state index < -0.39 is 5.60 Å². The summed E-state index contributed by atoms with van der Waals surface area (Å²) >= 11 is 3.71. The number of rotatable bonds is 5. The molecule has 8 nitrogen and oxygen atoms in total. The van der Waals surface area contributed by atoms with E-state index >= 15 is 0 Å². The Labute approximate surface area is 196 Å². The fourth-order valence-electron chi connectivity index (χ4n) is 3.98. The maximum Gasteiger partial charge on any atom is 0.407 e.